The number of hydrogen-bond donors (Lipinski definition) is 1. The van der Waals surface area contributed by atoms with Crippen LogP contribution >= 0.6 is 0 Å². The second-order valence-corrected chi connectivity index (χ2v) is 12.0. The normalized spacial score (nSPS) is 12.2. The van der Waals surface area contributed by atoms with Crippen molar-refractivity contribution >= 4 is 32.6 Å². The van der Waals surface area contributed by atoms with Crippen molar-refractivity contribution in [3.8, 4) is 5.69 Å². The van der Waals surface area contributed by atoms with Crippen molar-refractivity contribution in [3.63, 3.8) is 0 Å². The van der Waals surface area contributed by atoms with E-state index in [9.17, 15) is 8.42 Å². The van der Waals surface area contributed by atoms with Crippen LogP contribution in [0.3, 0.4) is 0 Å². The summed E-state index contributed by atoms with van der Waals surface area (Å²) in [7, 11) is -0.127. The predicted octanol–water partition coefficient (Wildman–Crippen LogP) is 5.51. The Hall–Kier alpha value is -3.39. The van der Waals surface area contributed by atoms with E-state index in [1.807, 2.05) is 51.0 Å². The first-order chi connectivity index (χ1) is 16.3. The highest BCUT2D eigenvalue weighted by Gasteiger charge is 2.24. The Morgan fingerprint density at radius 2 is 1.60 bits per heavy atom. The van der Waals surface area contributed by atoms with Crippen molar-refractivity contribution in [3.05, 3.63) is 70.9 Å². The van der Waals surface area contributed by atoms with Gasteiger partial charge in [-0.05, 0) is 62.2 Å². The Kier molecular flexibility index (Phi) is 6.13. The summed E-state index contributed by atoms with van der Waals surface area (Å²) >= 11 is 0. The number of pyridine rings is 1. The van der Waals surface area contributed by atoms with Crippen LogP contribution in [-0.4, -0.2) is 37.3 Å². The Labute approximate surface area is 207 Å². The smallest absolute Gasteiger partial charge is 0.263 e. The lowest BCUT2D eigenvalue weighted by molar-refractivity contribution is 0.570. The molecule has 0 saturated heterocycles. The van der Waals surface area contributed by atoms with Gasteiger partial charge in [0, 0.05) is 30.9 Å². The summed E-state index contributed by atoms with van der Waals surface area (Å²) in [6.07, 6.45) is 0. The minimum Gasteiger partial charge on any atom is -0.378 e. The van der Waals surface area contributed by atoms with Crippen molar-refractivity contribution in [1.82, 2.24) is 14.8 Å². The summed E-state index contributed by atoms with van der Waals surface area (Å²) in [5.41, 5.74) is 6.29. The maximum absolute atomic E-state index is 13.4. The molecule has 4 rings (SSSR count). The summed E-state index contributed by atoms with van der Waals surface area (Å²) in [5, 5.41) is 5.40. The zero-order valence-electron chi connectivity index (χ0n) is 21.6. The first-order valence-corrected chi connectivity index (χ1v) is 13.0. The summed E-state index contributed by atoms with van der Waals surface area (Å²) in [6, 6.07) is 14.9. The molecular weight excluding hydrogens is 458 g/mol. The van der Waals surface area contributed by atoms with E-state index < -0.39 is 10.0 Å². The minimum absolute atomic E-state index is 0.174. The van der Waals surface area contributed by atoms with E-state index in [4.69, 9.17) is 10.1 Å². The van der Waals surface area contributed by atoms with Crippen LogP contribution in [0.15, 0.2) is 53.4 Å². The molecule has 7 nitrogen and oxygen atoms in total. The van der Waals surface area contributed by atoms with Crippen molar-refractivity contribution in [2.24, 2.45) is 0 Å². The summed E-state index contributed by atoms with van der Waals surface area (Å²) in [4.78, 5) is 6.99. The molecule has 0 aliphatic rings. The van der Waals surface area contributed by atoms with Crippen molar-refractivity contribution in [2.75, 3.05) is 23.7 Å². The number of sulfonamides is 1. The van der Waals surface area contributed by atoms with Gasteiger partial charge in [-0.3, -0.25) is 4.72 Å². The largest absolute Gasteiger partial charge is 0.378 e. The second kappa shape index (κ2) is 8.68. The highest BCUT2D eigenvalue weighted by molar-refractivity contribution is 7.92. The van der Waals surface area contributed by atoms with Crippen LogP contribution < -0.4 is 9.62 Å². The van der Waals surface area contributed by atoms with Crippen LogP contribution in [0, 0.1) is 20.8 Å². The molecule has 184 valence electrons. The first kappa shape index (κ1) is 24.7. The molecule has 0 bridgehead atoms. The van der Waals surface area contributed by atoms with Crippen LogP contribution in [0.1, 0.15) is 43.2 Å². The van der Waals surface area contributed by atoms with Crippen LogP contribution in [0.2, 0.25) is 0 Å². The monoisotopic (exact) mass is 491 g/mol. The molecule has 0 saturated carbocycles. The number of rotatable bonds is 5. The van der Waals surface area contributed by atoms with Crippen LogP contribution in [0.5, 0.6) is 0 Å². The van der Waals surface area contributed by atoms with E-state index in [1.165, 1.54) is 0 Å². The lowest BCUT2D eigenvalue weighted by Crippen LogP contribution is -2.15. The molecular formula is C27H33N5O2S. The van der Waals surface area contributed by atoms with Gasteiger partial charge in [-0.15, -0.1) is 5.10 Å². The molecule has 4 aromatic rings. The SMILES string of the molecule is Cc1cc(C)c(-n2nc(NS(=O)(=O)c3cccc(N(C)C)c3)c3ccc(C(C)(C)C)nc32)c(C)c1. The quantitative estimate of drug-likeness (QED) is 0.398. The lowest BCUT2D eigenvalue weighted by Gasteiger charge is -2.18. The van der Waals surface area contributed by atoms with E-state index in [1.54, 1.807) is 22.9 Å². The number of benzene rings is 2. The fourth-order valence-electron chi connectivity index (χ4n) is 4.27. The molecule has 0 aliphatic heterocycles. The Bertz CT molecular complexity index is 1510. The fourth-order valence-corrected chi connectivity index (χ4v) is 5.32. The van der Waals surface area contributed by atoms with Gasteiger partial charge in [0.15, 0.2) is 11.5 Å². The van der Waals surface area contributed by atoms with Gasteiger partial charge in [-0.25, -0.2) is 18.1 Å². The van der Waals surface area contributed by atoms with Gasteiger partial charge in [-0.1, -0.05) is 44.5 Å². The van der Waals surface area contributed by atoms with Crippen molar-refractivity contribution < 1.29 is 8.42 Å². The van der Waals surface area contributed by atoms with Gasteiger partial charge in [0.2, 0.25) is 0 Å². The van der Waals surface area contributed by atoms with E-state index in [-0.39, 0.29) is 16.1 Å². The molecule has 2 heterocycles. The number of anilines is 2. The van der Waals surface area contributed by atoms with Crippen LogP contribution in [0.25, 0.3) is 16.7 Å². The summed E-state index contributed by atoms with van der Waals surface area (Å²) in [6.45, 7) is 12.4. The molecule has 35 heavy (non-hydrogen) atoms. The summed E-state index contributed by atoms with van der Waals surface area (Å²) < 4.78 is 31.2. The average molecular weight is 492 g/mol. The molecule has 2 aromatic carbocycles. The van der Waals surface area contributed by atoms with Crippen molar-refractivity contribution in [2.45, 2.75) is 51.9 Å². The van der Waals surface area contributed by atoms with E-state index >= 15 is 0 Å². The molecule has 0 spiro atoms. The number of aromatic nitrogens is 3. The van der Waals surface area contributed by atoms with E-state index in [0.717, 1.165) is 33.8 Å². The highest BCUT2D eigenvalue weighted by atomic mass is 32.2. The van der Waals surface area contributed by atoms with Crippen LogP contribution in [-0.2, 0) is 15.4 Å². The highest BCUT2D eigenvalue weighted by Crippen LogP contribution is 2.32. The predicted molar refractivity (Wildman–Crippen MR) is 143 cm³/mol. The van der Waals surface area contributed by atoms with E-state index in [2.05, 4.69) is 44.5 Å². The molecule has 0 amide bonds. The molecule has 0 unspecified atom stereocenters. The average Bonchev–Trinajstić information content (AvgIpc) is 3.09. The van der Waals surface area contributed by atoms with Gasteiger partial charge in [-0.2, -0.15) is 0 Å². The molecule has 8 heteroatoms. The van der Waals surface area contributed by atoms with Crippen LogP contribution in [0.4, 0.5) is 11.5 Å². The van der Waals surface area contributed by atoms with E-state index in [0.29, 0.717) is 11.0 Å². The third kappa shape index (κ3) is 4.75. The third-order valence-corrected chi connectivity index (χ3v) is 7.36. The molecule has 0 atom stereocenters. The minimum atomic E-state index is -3.88. The molecule has 0 fully saturated rings. The number of fused-ring (bicyclic) bond motifs is 1. The maximum atomic E-state index is 13.4. The maximum Gasteiger partial charge on any atom is 0.263 e. The number of nitrogens with zero attached hydrogens (tertiary/aromatic N) is 4. The van der Waals surface area contributed by atoms with Gasteiger partial charge >= 0.3 is 0 Å². The second-order valence-electron chi connectivity index (χ2n) is 10.3. The number of nitrogens with one attached hydrogen (secondary N) is 1. The molecule has 0 aliphatic carbocycles. The first-order valence-electron chi connectivity index (χ1n) is 11.6. The zero-order chi connectivity index (χ0) is 25.7. The number of aryl methyl sites for hydroxylation is 3. The third-order valence-electron chi connectivity index (χ3n) is 6.02. The lowest BCUT2D eigenvalue weighted by atomic mass is 9.91. The van der Waals surface area contributed by atoms with Gasteiger partial charge in [0.25, 0.3) is 10.0 Å². The standard InChI is InChI=1S/C27H33N5O2S/c1-17-14-18(2)24(19(3)15-17)32-26-22(12-13-23(28-26)27(4,5)6)25(29-32)30-35(33,34)21-11-9-10-20(16-21)31(7)8/h9-16H,1-8H3,(H,29,30). The summed E-state index contributed by atoms with van der Waals surface area (Å²) in [5.74, 6) is 0.252. The molecule has 2 aromatic heterocycles. The van der Waals surface area contributed by atoms with Crippen molar-refractivity contribution in [1.29, 1.82) is 0 Å². The number of hydrogen-bond acceptors (Lipinski definition) is 5. The van der Waals surface area contributed by atoms with Gasteiger partial charge in [0.1, 0.15) is 0 Å². The van der Waals surface area contributed by atoms with Gasteiger partial charge in [0.05, 0.1) is 16.0 Å². The Morgan fingerprint density at radius 1 is 0.943 bits per heavy atom. The topological polar surface area (TPSA) is 80.1 Å². The molecule has 1 N–H and O–H groups in total. The molecule has 0 radical (unpaired) electrons. The zero-order valence-corrected chi connectivity index (χ0v) is 22.4. The van der Waals surface area contributed by atoms with Gasteiger partial charge < -0.3 is 4.90 Å². The Morgan fingerprint density at radius 3 is 2.20 bits per heavy atom. The Balaban J connectivity index is 1.92. The fraction of sp³-hybridized carbons (Fsp3) is 0.333.